The molecule has 2 aromatic heterocycles. The molecule has 2 heterocycles. The smallest absolute Gasteiger partial charge is 0.328 e. The van der Waals surface area contributed by atoms with Crippen molar-refractivity contribution < 1.29 is 18.0 Å². The topological polar surface area (TPSA) is 62.9 Å². The molecule has 4 rings (SSSR count). The number of nitrogens with zero attached hydrogens (tertiary/aromatic N) is 5. The molecule has 0 N–H and O–H groups in total. The Morgan fingerprint density at radius 2 is 1.67 bits per heavy atom. The molecule has 42 heavy (non-hydrogen) atoms. The number of carbonyl (C=O) groups excluding carboxylic acids is 1. The van der Waals surface area contributed by atoms with Crippen LogP contribution in [0.4, 0.5) is 13.2 Å². The minimum Gasteiger partial charge on any atom is -0.328 e. The third-order valence-corrected chi connectivity index (χ3v) is 8.18. The number of hydrogen-bond acceptors (Lipinski definition) is 4. The van der Waals surface area contributed by atoms with Gasteiger partial charge in [-0.15, -0.1) is 0 Å². The molecule has 0 aliphatic carbocycles. The summed E-state index contributed by atoms with van der Waals surface area (Å²) in [6.07, 6.45) is -3.50. The average Bonchev–Trinajstić information content (AvgIpc) is 3.25. The molecule has 2 aromatic carbocycles. The zero-order chi connectivity index (χ0) is 30.8. The van der Waals surface area contributed by atoms with Crippen LogP contribution >= 0.6 is 11.6 Å². The largest absolute Gasteiger partial charge is 0.416 e. The molecule has 0 saturated carbocycles. The highest BCUT2D eigenvalue weighted by molar-refractivity contribution is 6.34. The van der Waals surface area contributed by atoms with Crippen molar-refractivity contribution in [3.8, 4) is 0 Å². The summed E-state index contributed by atoms with van der Waals surface area (Å²) in [6, 6.07) is 15.5. The van der Waals surface area contributed by atoms with Gasteiger partial charge < -0.3 is 9.80 Å². The van der Waals surface area contributed by atoms with Crippen LogP contribution in [0.3, 0.4) is 0 Å². The number of carbonyl (C=O) groups is 1. The molecule has 0 fully saturated rings. The number of rotatable bonds is 10. The summed E-state index contributed by atoms with van der Waals surface area (Å²) in [4.78, 5) is 31.8. The van der Waals surface area contributed by atoms with E-state index in [1.165, 1.54) is 16.6 Å². The van der Waals surface area contributed by atoms with Gasteiger partial charge in [-0.3, -0.25) is 9.36 Å². The van der Waals surface area contributed by atoms with E-state index in [0.29, 0.717) is 47.9 Å². The molecule has 0 saturated heterocycles. The van der Waals surface area contributed by atoms with E-state index in [4.69, 9.17) is 11.6 Å². The van der Waals surface area contributed by atoms with E-state index < -0.39 is 28.9 Å². The summed E-state index contributed by atoms with van der Waals surface area (Å²) in [5.41, 5.74) is 0.209. The number of aryl methyl sites for hydroxylation is 1. The first-order chi connectivity index (χ1) is 19.8. The molecule has 7 nitrogen and oxygen atoms in total. The Kier molecular flexibility index (Phi) is 9.18. The SMILES string of the molecule is CCC(C)(c1cc2c(Cl)c(C)nn2c(=O)n1Cc1ccccc1)N(CCCN(C)C)C(=O)c1ccc(C(F)(F)F)cc1. The van der Waals surface area contributed by atoms with Gasteiger partial charge in [-0.2, -0.15) is 22.8 Å². The van der Waals surface area contributed by atoms with Crippen molar-refractivity contribution in [1.82, 2.24) is 24.0 Å². The van der Waals surface area contributed by atoms with Crippen molar-refractivity contribution in [2.24, 2.45) is 0 Å². The first kappa shape index (κ1) is 31.3. The second kappa shape index (κ2) is 12.3. The van der Waals surface area contributed by atoms with E-state index in [9.17, 15) is 22.8 Å². The minimum absolute atomic E-state index is 0.129. The predicted molar refractivity (Wildman–Crippen MR) is 158 cm³/mol. The molecule has 0 spiro atoms. The van der Waals surface area contributed by atoms with Gasteiger partial charge >= 0.3 is 11.9 Å². The molecular weight excluding hydrogens is 567 g/mol. The molecule has 1 unspecified atom stereocenters. The first-order valence-corrected chi connectivity index (χ1v) is 14.1. The van der Waals surface area contributed by atoms with Gasteiger partial charge in [0.2, 0.25) is 0 Å². The highest BCUT2D eigenvalue weighted by Gasteiger charge is 2.39. The Morgan fingerprint density at radius 3 is 2.24 bits per heavy atom. The van der Waals surface area contributed by atoms with Crippen LogP contribution in [0, 0.1) is 6.92 Å². The van der Waals surface area contributed by atoms with Gasteiger partial charge in [-0.05, 0) is 83.2 Å². The molecule has 1 amide bonds. The molecule has 1 atom stereocenters. The van der Waals surface area contributed by atoms with Crippen LogP contribution in [0.1, 0.15) is 59.6 Å². The lowest BCUT2D eigenvalue weighted by atomic mass is 9.89. The first-order valence-electron chi connectivity index (χ1n) is 13.7. The number of fused-ring (bicyclic) bond motifs is 1. The standard InChI is InChI=1S/C31H35ClF3N5O2/c1-6-30(3,39(18-10-17-37(4)5)28(41)23-13-15-24(16-14-23)31(33,34)35)26-19-25-27(32)21(2)36-40(25)29(42)38(26)20-22-11-8-7-9-12-22/h7-9,11-16,19H,6,10,17-18,20H2,1-5H3. The number of aromatic nitrogens is 3. The highest BCUT2D eigenvalue weighted by atomic mass is 35.5. The van der Waals surface area contributed by atoms with Crippen molar-refractivity contribution in [2.45, 2.75) is 51.9 Å². The Bertz CT molecular complexity index is 1610. The lowest BCUT2D eigenvalue weighted by Gasteiger charge is -2.42. The zero-order valence-corrected chi connectivity index (χ0v) is 25.1. The predicted octanol–water partition coefficient (Wildman–Crippen LogP) is 6.24. The van der Waals surface area contributed by atoms with Gasteiger partial charge in [0, 0.05) is 12.1 Å². The maximum absolute atomic E-state index is 14.1. The molecule has 0 radical (unpaired) electrons. The highest BCUT2D eigenvalue weighted by Crippen LogP contribution is 2.36. The molecule has 0 aliphatic heterocycles. The van der Waals surface area contributed by atoms with Gasteiger partial charge in [-0.25, -0.2) is 4.79 Å². The fraction of sp³-hybridized carbons (Fsp3) is 0.387. The number of benzene rings is 2. The average molecular weight is 602 g/mol. The summed E-state index contributed by atoms with van der Waals surface area (Å²) >= 11 is 6.59. The summed E-state index contributed by atoms with van der Waals surface area (Å²) in [6.45, 7) is 6.73. The van der Waals surface area contributed by atoms with Gasteiger partial charge in [0.1, 0.15) is 0 Å². The third-order valence-electron chi connectivity index (χ3n) is 7.71. The summed E-state index contributed by atoms with van der Waals surface area (Å²) in [5.74, 6) is -0.429. The maximum Gasteiger partial charge on any atom is 0.416 e. The van der Waals surface area contributed by atoms with Gasteiger partial charge in [0.25, 0.3) is 5.91 Å². The lowest BCUT2D eigenvalue weighted by Crippen LogP contribution is -2.51. The van der Waals surface area contributed by atoms with Crippen molar-refractivity contribution in [3.05, 3.63) is 104 Å². The van der Waals surface area contributed by atoms with Crippen LogP contribution in [0.25, 0.3) is 5.52 Å². The second-order valence-corrected chi connectivity index (χ2v) is 11.3. The van der Waals surface area contributed by atoms with Crippen LogP contribution in [-0.4, -0.2) is 57.1 Å². The Balaban J connectivity index is 1.92. The van der Waals surface area contributed by atoms with Crippen LogP contribution in [0.2, 0.25) is 5.02 Å². The van der Waals surface area contributed by atoms with Crippen LogP contribution in [-0.2, 0) is 18.3 Å². The molecular formula is C31H35ClF3N5O2. The number of alkyl halides is 3. The third kappa shape index (κ3) is 6.24. The molecule has 0 aliphatic rings. The maximum atomic E-state index is 14.1. The van der Waals surface area contributed by atoms with E-state index in [1.54, 1.807) is 22.5 Å². The fourth-order valence-corrected chi connectivity index (χ4v) is 5.34. The monoisotopic (exact) mass is 601 g/mol. The van der Waals surface area contributed by atoms with Crippen LogP contribution in [0.5, 0.6) is 0 Å². The Labute approximate surface area is 248 Å². The number of amides is 1. The summed E-state index contributed by atoms with van der Waals surface area (Å²) in [5, 5.41) is 4.70. The quantitative estimate of drug-likeness (QED) is 0.216. The van der Waals surface area contributed by atoms with Gasteiger partial charge in [0.15, 0.2) is 0 Å². The van der Waals surface area contributed by atoms with Crippen molar-refractivity contribution in [2.75, 3.05) is 27.2 Å². The number of halogens is 4. The minimum atomic E-state index is -4.52. The Hall–Kier alpha value is -3.63. The summed E-state index contributed by atoms with van der Waals surface area (Å²) < 4.78 is 42.7. The normalized spacial score (nSPS) is 13.5. The van der Waals surface area contributed by atoms with E-state index in [1.807, 2.05) is 63.2 Å². The van der Waals surface area contributed by atoms with Crippen molar-refractivity contribution >= 4 is 23.0 Å². The van der Waals surface area contributed by atoms with Gasteiger partial charge in [-0.1, -0.05) is 48.9 Å². The fourth-order valence-electron chi connectivity index (χ4n) is 5.17. The van der Waals surface area contributed by atoms with E-state index in [0.717, 1.165) is 17.7 Å². The second-order valence-electron chi connectivity index (χ2n) is 10.9. The number of hydrogen-bond donors (Lipinski definition) is 0. The van der Waals surface area contributed by atoms with Gasteiger partial charge in [0.05, 0.1) is 39.6 Å². The lowest BCUT2D eigenvalue weighted by molar-refractivity contribution is -0.137. The molecule has 4 aromatic rings. The molecule has 11 heteroatoms. The summed E-state index contributed by atoms with van der Waals surface area (Å²) in [7, 11) is 3.85. The van der Waals surface area contributed by atoms with Crippen molar-refractivity contribution in [1.29, 1.82) is 0 Å². The molecule has 0 bridgehead atoms. The van der Waals surface area contributed by atoms with Crippen LogP contribution in [0.15, 0.2) is 65.5 Å². The van der Waals surface area contributed by atoms with Crippen LogP contribution < -0.4 is 5.69 Å². The molecule has 224 valence electrons. The van der Waals surface area contributed by atoms with E-state index >= 15 is 0 Å². The van der Waals surface area contributed by atoms with Crippen molar-refractivity contribution in [3.63, 3.8) is 0 Å². The Morgan fingerprint density at radius 1 is 1.02 bits per heavy atom. The van der Waals surface area contributed by atoms with E-state index in [-0.39, 0.29) is 12.1 Å². The van der Waals surface area contributed by atoms with E-state index in [2.05, 4.69) is 5.10 Å². The zero-order valence-electron chi connectivity index (χ0n) is 24.4.